The van der Waals surface area contributed by atoms with Crippen molar-refractivity contribution in [3.63, 3.8) is 0 Å². The third kappa shape index (κ3) is 2.61. The molecule has 0 saturated carbocycles. The summed E-state index contributed by atoms with van der Waals surface area (Å²) in [7, 11) is 1.32. The molecule has 2 rings (SSSR count). The van der Waals surface area contributed by atoms with Gasteiger partial charge in [-0.2, -0.15) is 0 Å². The SMILES string of the molecule is COC(=O)CCC(=O)c1c[nH]c2ccc(Br)cc12. The third-order valence-electron chi connectivity index (χ3n) is 2.73. The molecule has 0 aliphatic heterocycles. The van der Waals surface area contributed by atoms with Gasteiger partial charge >= 0.3 is 5.97 Å². The first-order valence-corrected chi connectivity index (χ1v) is 6.28. The van der Waals surface area contributed by atoms with Gasteiger partial charge in [-0.05, 0) is 18.2 Å². The first kappa shape index (κ1) is 12.8. The number of carbonyl (C=O) groups excluding carboxylic acids is 2. The summed E-state index contributed by atoms with van der Waals surface area (Å²) >= 11 is 3.37. The molecular weight excluding hydrogens is 298 g/mol. The van der Waals surface area contributed by atoms with Gasteiger partial charge in [-0.25, -0.2) is 0 Å². The van der Waals surface area contributed by atoms with E-state index in [2.05, 4.69) is 25.7 Å². The third-order valence-corrected chi connectivity index (χ3v) is 3.22. The quantitative estimate of drug-likeness (QED) is 0.697. The number of nitrogens with one attached hydrogen (secondary N) is 1. The van der Waals surface area contributed by atoms with Gasteiger partial charge in [-0.15, -0.1) is 0 Å². The van der Waals surface area contributed by atoms with Crippen LogP contribution in [0.4, 0.5) is 0 Å². The predicted molar refractivity (Wildman–Crippen MR) is 71.6 cm³/mol. The lowest BCUT2D eigenvalue weighted by Crippen LogP contribution is -2.05. The first-order valence-electron chi connectivity index (χ1n) is 5.48. The van der Waals surface area contributed by atoms with Gasteiger partial charge in [0.1, 0.15) is 0 Å². The molecule has 0 spiro atoms. The Kier molecular flexibility index (Phi) is 3.81. The second-order valence-corrected chi connectivity index (χ2v) is 4.81. The number of Topliss-reactive ketones (excluding diaryl/α,β-unsaturated/α-hetero) is 1. The average molecular weight is 310 g/mol. The van der Waals surface area contributed by atoms with Gasteiger partial charge in [-0.3, -0.25) is 9.59 Å². The zero-order valence-corrected chi connectivity index (χ0v) is 11.4. The van der Waals surface area contributed by atoms with Crippen LogP contribution >= 0.6 is 15.9 Å². The van der Waals surface area contributed by atoms with Gasteiger partial charge in [-0.1, -0.05) is 15.9 Å². The molecular formula is C13H12BrNO3. The zero-order valence-electron chi connectivity index (χ0n) is 9.83. The van der Waals surface area contributed by atoms with E-state index in [1.54, 1.807) is 6.20 Å². The lowest BCUT2D eigenvalue weighted by Gasteiger charge is -1.99. The number of halogens is 1. The lowest BCUT2D eigenvalue weighted by atomic mass is 10.1. The van der Waals surface area contributed by atoms with Crippen molar-refractivity contribution in [1.82, 2.24) is 4.98 Å². The van der Waals surface area contributed by atoms with Crippen LogP contribution in [0.25, 0.3) is 10.9 Å². The summed E-state index contributed by atoms with van der Waals surface area (Å²) in [4.78, 5) is 26.1. The fourth-order valence-corrected chi connectivity index (χ4v) is 2.14. The number of ether oxygens (including phenoxy) is 1. The van der Waals surface area contributed by atoms with Crippen molar-refractivity contribution < 1.29 is 14.3 Å². The second-order valence-electron chi connectivity index (χ2n) is 3.89. The summed E-state index contributed by atoms with van der Waals surface area (Å²) in [5.74, 6) is -0.436. The molecule has 0 fully saturated rings. The van der Waals surface area contributed by atoms with Crippen LogP contribution in [0.2, 0.25) is 0 Å². The number of aromatic nitrogens is 1. The lowest BCUT2D eigenvalue weighted by molar-refractivity contribution is -0.140. The number of aromatic amines is 1. The van der Waals surface area contributed by atoms with Crippen LogP contribution in [-0.4, -0.2) is 23.8 Å². The Hall–Kier alpha value is -1.62. The highest BCUT2D eigenvalue weighted by atomic mass is 79.9. The van der Waals surface area contributed by atoms with E-state index >= 15 is 0 Å². The number of rotatable bonds is 4. The zero-order chi connectivity index (χ0) is 13.1. The number of benzene rings is 1. The summed E-state index contributed by atoms with van der Waals surface area (Å²) in [6.45, 7) is 0. The molecule has 0 bridgehead atoms. The summed E-state index contributed by atoms with van der Waals surface area (Å²) in [6.07, 6.45) is 1.94. The molecule has 0 amide bonds. The molecule has 94 valence electrons. The molecule has 2 aromatic rings. The van der Waals surface area contributed by atoms with E-state index in [4.69, 9.17) is 0 Å². The van der Waals surface area contributed by atoms with Crippen LogP contribution in [-0.2, 0) is 9.53 Å². The molecule has 18 heavy (non-hydrogen) atoms. The number of H-pyrrole nitrogens is 1. The Morgan fingerprint density at radius 1 is 1.33 bits per heavy atom. The van der Waals surface area contributed by atoms with Crippen LogP contribution in [0.3, 0.4) is 0 Å². The van der Waals surface area contributed by atoms with Crippen LogP contribution < -0.4 is 0 Å². The maximum atomic E-state index is 12.0. The second kappa shape index (κ2) is 5.35. The Bertz CT molecular complexity index is 603. The highest BCUT2D eigenvalue weighted by molar-refractivity contribution is 9.10. The fraction of sp³-hybridized carbons (Fsp3) is 0.231. The topological polar surface area (TPSA) is 59.2 Å². The largest absolute Gasteiger partial charge is 0.469 e. The molecule has 0 atom stereocenters. The number of hydrogen-bond donors (Lipinski definition) is 1. The summed E-state index contributed by atoms with van der Waals surface area (Å²) in [6, 6.07) is 5.69. The van der Waals surface area contributed by atoms with Crippen LogP contribution in [0.15, 0.2) is 28.9 Å². The standard InChI is InChI=1S/C13H12BrNO3/c1-18-13(17)5-4-12(16)10-7-15-11-3-2-8(14)6-9(10)11/h2-3,6-7,15H,4-5H2,1H3. The highest BCUT2D eigenvalue weighted by Gasteiger charge is 2.14. The Morgan fingerprint density at radius 2 is 2.11 bits per heavy atom. The Labute approximate surface area is 112 Å². The van der Waals surface area contributed by atoms with Crippen LogP contribution in [0.1, 0.15) is 23.2 Å². The van der Waals surface area contributed by atoms with Gasteiger partial charge < -0.3 is 9.72 Å². The van der Waals surface area contributed by atoms with E-state index in [9.17, 15) is 9.59 Å². The summed E-state index contributed by atoms with van der Waals surface area (Å²) < 4.78 is 5.43. The maximum absolute atomic E-state index is 12.0. The Morgan fingerprint density at radius 3 is 2.83 bits per heavy atom. The normalized spacial score (nSPS) is 10.6. The summed E-state index contributed by atoms with van der Waals surface area (Å²) in [5.41, 5.74) is 1.51. The number of fused-ring (bicyclic) bond motifs is 1. The van der Waals surface area contributed by atoms with Crippen molar-refractivity contribution >= 4 is 38.6 Å². The van der Waals surface area contributed by atoms with Gasteiger partial charge in [0.25, 0.3) is 0 Å². The van der Waals surface area contributed by atoms with E-state index in [0.717, 1.165) is 15.4 Å². The van der Waals surface area contributed by atoms with E-state index in [1.165, 1.54) is 7.11 Å². The number of carbonyl (C=O) groups is 2. The molecule has 0 unspecified atom stereocenters. The van der Waals surface area contributed by atoms with Crippen LogP contribution in [0, 0.1) is 0 Å². The number of esters is 1. The van der Waals surface area contributed by atoms with Crippen LogP contribution in [0.5, 0.6) is 0 Å². The van der Waals surface area contributed by atoms with Crippen molar-refractivity contribution in [3.05, 3.63) is 34.4 Å². The molecule has 0 aliphatic rings. The molecule has 1 aromatic heterocycles. The average Bonchev–Trinajstić information content (AvgIpc) is 2.78. The molecule has 0 radical (unpaired) electrons. The smallest absolute Gasteiger partial charge is 0.305 e. The predicted octanol–water partition coefficient (Wildman–Crippen LogP) is 3.07. The highest BCUT2D eigenvalue weighted by Crippen LogP contribution is 2.23. The van der Waals surface area contributed by atoms with Gasteiger partial charge in [0.2, 0.25) is 0 Å². The molecule has 1 aromatic carbocycles. The minimum atomic E-state index is -0.371. The number of hydrogen-bond acceptors (Lipinski definition) is 3. The maximum Gasteiger partial charge on any atom is 0.305 e. The molecule has 1 heterocycles. The molecule has 5 heteroatoms. The van der Waals surface area contributed by atoms with Gasteiger partial charge in [0.05, 0.1) is 13.5 Å². The van der Waals surface area contributed by atoms with Crippen molar-refractivity contribution in [2.75, 3.05) is 7.11 Å². The molecule has 4 nitrogen and oxygen atoms in total. The number of methoxy groups -OCH3 is 1. The number of ketones is 1. The van der Waals surface area contributed by atoms with Gasteiger partial charge in [0.15, 0.2) is 5.78 Å². The van der Waals surface area contributed by atoms with Crippen molar-refractivity contribution in [1.29, 1.82) is 0 Å². The van der Waals surface area contributed by atoms with E-state index in [0.29, 0.717) is 5.56 Å². The van der Waals surface area contributed by atoms with E-state index in [1.807, 2.05) is 18.2 Å². The Balaban J connectivity index is 2.22. The summed E-state index contributed by atoms with van der Waals surface area (Å²) in [5, 5.41) is 0.860. The molecule has 0 aliphatic carbocycles. The molecule has 0 saturated heterocycles. The minimum Gasteiger partial charge on any atom is -0.469 e. The van der Waals surface area contributed by atoms with Crippen molar-refractivity contribution in [2.24, 2.45) is 0 Å². The molecule has 1 N–H and O–H groups in total. The first-order chi connectivity index (χ1) is 8.61. The van der Waals surface area contributed by atoms with Crippen molar-refractivity contribution in [3.8, 4) is 0 Å². The fourth-order valence-electron chi connectivity index (χ4n) is 1.78. The minimum absolute atomic E-state index is 0.0650. The van der Waals surface area contributed by atoms with Crippen molar-refractivity contribution in [2.45, 2.75) is 12.8 Å². The van der Waals surface area contributed by atoms with Gasteiger partial charge in [0, 0.05) is 33.6 Å². The van der Waals surface area contributed by atoms with E-state index in [-0.39, 0.29) is 24.6 Å². The monoisotopic (exact) mass is 309 g/mol. The van der Waals surface area contributed by atoms with E-state index < -0.39 is 0 Å².